The van der Waals surface area contributed by atoms with Gasteiger partial charge in [0.05, 0.1) is 0 Å². The average Bonchev–Trinajstić information content (AvgIpc) is 2.29. The molecule has 2 N–H and O–H groups in total. The van der Waals surface area contributed by atoms with Gasteiger partial charge in [0.2, 0.25) is 0 Å². The summed E-state index contributed by atoms with van der Waals surface area (Å²) in [5.41, 5.74) is 9.56. The molecule has 94 valence electrons. The second-order valence-electron chi connectivity index (χ2n) is 5.26. The molecule has 1 fully saturated rings. The van der Waals surface area contributed by atoms with Crippen LogP contribution in [-0.4, -0.2) is 38.1 Å². The fourth-order valence-electron chi connectivity index (χ4n) is 2.35. The minimum atomic E-state index is 0.497. The first-order valence-electron chi connectivity index (χ1n) is 6.41. The van der Waals surface area contributed by atoms with Crippen molar-refractivity contribution in [1.29, 1.82) is 0 Å². The lowest BCUT2D eigenvalue weighted by Crippen LogP contribution is -2.44. The summed E-state index contributed by atoms with van der Waals surface area (Å²) < 4.78 is 0. The van der Waals surface area contributed by atoms with Crippen LogP contribution in [0.25, 0.3) is 0 Å². The molecule has 17 heavy (non-hydrogen) atoms. The van der Waals surface area contributed by atoms with Gasteiger partial charge in [-0.05, 0) is 30.7 Å². The van der Waals surface area contributed by atoms with Crippen molar-refractivity contribution in [3.05, 3.63) is 23.8 Å². The highest BCUT2D eigenvalue weighted by Gasteiger charge is 2.15. The first-order valence-corrected chi connectivity index (χ1v) is 6.41. The maximum Gasteiger partial charge on any atom is 0.0387 e. The number of anilines is 2. The summed E-state index contributed by atoms with van der Waals surface area (Å²) in [5.74, 6) is 0.497. The predicted molar refractivity (Wildman–Crippen MR) is 74.7 cm³/mol. The van der Waals surface area contributed by atoms with Gasteiger partial charge in [0.15, 0.2) is 0 Å². The first-order chi connectivity index (χ1) is 8.08. The van der Waals surface area contributed by atoms with E-state index in [4.69, 9.17) is 5.73 Å². The lowest BCUT2D eigenvalue weighted by molar-refractivity contribution is 0.313. The number of piperazine rings is 1. The van der Waals surface area contributed by atoms with Crippen molar-refractivity contribution in [3.8, 4) is 0 Å². The molecule has 0 atom stereocenters. The van der Waals surface area contributed by atoms with E-state index in [0.717, 1.165) is 31.9 Å². The van der Waals surface area contributed by atoms with Crippen LogP contribution < -0.4 is 10.6 Å². The van der Waals surface area contributed by atoms with Gasteiger partial charge in [-0.25, -0.2) is 0 Å². The average molecular weight is 233 g/mol. The lowest BCUT2D eigenvalue weighted by Gasteiger charge is -2.34. The fraction of sp³-hybridized carbons (Fsp3) is 0.571. The Kier molecular flexibility index (Phi) is 3.57. The van der Waals surface area contributed by atoms with E-state index >= 15 is 0 Å². The Bertz CT molecular complexity index is 379. The van der Waals surface area contributed by atoms with E-state index in [1.54, 1.807) is 0 Å². The molecule has 1 saturated heterocycles. The molecule has 0 aliphatic carbocycles. The smallest absolute Gasteiger partial charge is 0.0387 e. The molecule has 0 aromatic heterocycles. The van der Waals surface area contributed by atoms with E-state index in [1.165, 1.54) is 11.3 Å². The molecule has 1 heterocycles. The predicted octanol–water partition coefficient (Wildman–Crippen LogP) is 2.14. The summed E-state index contributed by atoms with van der Waals surface area (Å²) in [6.45, 7) is 8.81. The Morgan fingerprint density at radius 3 is 2.29 bits per heavy atom. The monoisotopic (exact) mass is 233 g/mol. The molecule has 3 nitrogen and oxygen atoms in total. The first kappa shape index (κ1) is 12.2. The summed E-state index contributed by atoms with van der Waals surface area (Å²) in [6.07, 6.45) is 0. The van der Waals surface area contributed by atoms with Crippen LogP contribution in [0.3, 0.4) is 0 Å². The third kappa shape index (κ3) is 2.72. The van der Waals surface area contributed by atoms with E-state index in [0.29, 0.717) is 5.92 Å². The van der Waals surface area contributed by atoms with Crippen molar-refractivity contribution in [2.45, 2.75) is 19.8 Å². The molecule has 0 amide bonds. The van der Waals surface area contributed by atoms with Gasteiger partial charge in [0.25, 0.3) is 0 Å². The van der Waals surface area contributed by atoms with Crippen molar-refractivity contribution in [3.63, 3.8) is 0 Å². The van der Waals surface area contributed by atoms with Gasteiger partial charge >= 0.3 is 0 Å². The number of nitrogens with two attached hydrogens (primary N) is 1. The van der Waals surface area contributed by atoms with Crippen molar-refractivity contribution in [2.24, 2.45) is 0 Å². The molecule has 1 aliphatic heterocycles. The maximum atomic E-state index is 6.12. The third-order valence-corrected chi connectivity index (χ3v) is 3.56. The number of hydrogen-bond donors (Lipinski definition) is 1. The van der Waals surface area contributed by atoms with Crippen molar-refractivity contribution >= 4 is 11.4 Å². The zero-order chi connectivity index (χ0) is 12.4. The van der Waals surface area contributed by atoms with Gasteiger partial charge in [-0.15, -0.1) is 0 Å². The summed E-state index contributed by atoms with van der Waals surface area (Å²) in [4.78, 5) is 4.78. The number of rotatable bonds is 2. The zero-order valence-corrected chi connectivity index (χ0v) is 11.1. The van der Waals surface area contributed by atoms with Crippen molar-refractivity contribution in [1.82, 2.24) is 4.90 Å². The van der Waals surface area contributed by atoms with E-state index < -0.39 is 0 Å². The van der Waals surface area contributed by atoms with E-state index in [9.17, 15) is 0 Å². The SMILES string of the molecule is CC(C)c1ccc(N2CCN(C)CC2)cc1N. The van der Waals surface area contributed by atoms with E-state index in [2.05, 4.69) is 48.9 Å². The van der Waals surface area contributed by atoms with Crippen LogP contribution in [0.4, 0.5) is 11.4 Å². The highest BCUT2D eigenvalue weighted by atomic mass is 15.2. The van der Waals surface area contributed by atoms with Crippen LogP contribution in [0.5, 0.6) is 0 Å². The lowest BCUT2D eigenvalue weighted by atomic mass is 10.0. The molecule has 1 aromatic carbocycles. The number of likely N-dealkylation sites (N-methyl/N-ethyl adjacent to an activating group) is 1. The Balaban J connectivity index is 2.14. The van der Waals surface area contributed by atoms with Crippen LogP contribution in [0.1, 0.15) is 25.3 Å². The van der Waals surface area contributed by atoms with Crippen LogP contribution in [0.15, 0.2) is 18.2 Å². The minimum absolute atomic E-state index is 0.497. The molecule has 0 radical (unpaired) electrons. The Hall–Kier alpha value is -1.22. The standard InChI is InChI=1S/C14H23N3/c1-11(2)13-5-4-12(10-14(13)15)17-8-6-16(3)7-9-17/h4-5,10-11H,6-9,15H2,1-3H3. The Morgan fingerprint density at radius 2 is 1.76 bits per heavy atom. The zero-order valence-electron chi connectivity index (χ0n) is 11.1. The van der Waals surface area contributed by atoms with Crippen LogP contribution in [-0.2, 0) is 0 Å². The molecule has 2 rings (SSSR count). The minimum Gasteiger partial charge on any atom is -0.398 e. The van der Waals surface area contributed by atoms with Crippen molar-refractivity contribution in [2.75, 3.05) is 43.9 Å². The second-order valence-corrected chi connectivity index (χ2v) is 5.26. The summed E-state index contributed by atoms with van der Waals surface area (Å²) in [5, 5.41) is 0. The molecule has 0 unspecified atom stereocenters. The Labute approximate surface area is 104 Å². The molecule has 1 aromatic rings. The molecular weight excluding hydrogens is 210 g/mol. The number of nitrogens with zero attached hydrogens (tertiary/aromatic N) is 2. The maximum absolute atomic E-state index is 6.12. The van der Waals surface area contributed by atoms with Gasteiger partial charge < -0.3 is 15.5 Å². The van der Waals surface area contributed by atoms with Crippen molar-refractivity contribution < 1.29 is 0 Å². The summed E-state index contributed by atoms with van der Waals surface area (Å²) in [6, 6.07) is 6.51. The molecule has 0 saturated carbocycles. The third-order valence-electron chi connectivity index (χ3n) is 3.56. The number of hydrogen-bond acceptors (Lipinski definition) is 3. The van der Waals surface area contributed by atoms with Gasteiger partial charge in [-0.1, -0.05) is 19.9 Å². The van der Waals surface area contributed by atoms with Gasteiger partial charge in [-0.2, -0.15) is 0 Å². The molecular formula is C14H23N3. The number of nitrogen functional groups attached to an aromatic ring is 1. The van der Waals surface area contributed by atoms with Crippen LogP contribution in [0, 0.1) is 0 Å². The molecule has 0 spiro atoms. The topological polar surface area (TPSA) is 32.5 Å². The molecule has 1 aliphatic rings. The second kappa shape index (κ2) is 4.96. The van der Waals surface area contributed by atoms with Gasteiger partial charge in [0, 0.05) is 37.6 Å². The highest BCUT2D eigenvalue weighted by molar-refractivity contribution is 5.61. The normalized spacial score (nSPS) is 17.8. The summed E-state index contributed by atoms with van der Waals surface area (Å²) in [7, 11) is 2.17. The van der Waals surface area contributed by atoms with Gasteiger partial charge in [-0.3, -0.25) is 0 Å². The fourth-order valence-corrected chi connectivity index (χ4v) is 2.35. The van der Waals surface area contributed by atoms with E-state index in [1.807, 2.05) is 0 Å². The van der Waals surface area contributed by atoms with Gasteiger partial charge in [0.1, 0.15) is 0 Å². The van der Waals surface area contributed by atoms with Crippen LogP contribution >= 0.6 is 0 Å². The molecule has 3 heteroatoms. The largest absolute Gasteiger partial charge is 0.398 e. The Morgan fingerprint density at radius 1 is 1.12 bits per heavy atom. The van der Waals surface area contributed by atoms with Crippen LogP contribution in [0.2, 0.25) is 0 Å². The number of benzene rings is 1. The summed E-state index contributed by atoms with van der Waals surface area (Å²) >= 11 is 0. The highest BCUT2D eigenvalue weighted by Crippen LogP contribution is 2.27. The van der Waals surface area contributed by atoms with E-state index in [-0.39, 0.29) is 0 Å². The quantitative estimate of drug-likeness (QED) is 0.794. The molecule has 0 bridgehead atoms.